The standard InChI is InChI=1S/C5H7.Ti/c1-3-5-4-2;/h3-5H,1-2H2;/q-1;. The average Bonchev–Trinajstić information content (AvgIpc) is 1.41. The topological polar surface area (TPSA) is 0 Å². The molecule has 0 rings (SSSR count). The fourth-order valence-corrected chi connectivity index (χ4v) is 0.0962. The van der Waals surface area contributed by atoms with Crippen molar-refractivity contribution >= 4 is 0 Å². The quantitative estimate of drug-likeness (QED) is 0.276. The Hall–Kier alpha value is 0.0643. The Bertz CT molecular complexity index is 45.9. The molecule has 0 N–H and O–H groups in total. The molecule has 0 aromatic rings. The normalized spacial score (nSPS) is 7.33. The van der Waals surface area contributed by atoms with E-state index in [4.69, 9.17) is 0 Å². The van der Waals surface area contributed by atoms with Crippen LogP contribution in [-0.2, 0) is 21.7 Å². The van der Waals surface area contributed by atoms with Gasteiger partial charge >= 0.3 is 0 Å². The Labute approximate surface area is 53.8 Å². The molecule has 0 saturated carbocycles. The predicted molar refractivity (Wildman–Crippen MR) is 24.7 cm³/mol. The van der Waals surface area contributed by atoms with Gasteiger partial charge in [-0.2, -0.15) is 6.08 Å². The SMILES string of the molecule is C=CC=C[CH2-].[Ti]. The van der Waals surface area contributed by atoms with E-state index in [1.807, 2.05) is 0 Å². The Morgan fingerprint density at radius 2 is 2.00 bits per heavy atom. The molecule has 1 heteroatoms. The second kappa shape index (κ2) is 8.91. The maximum atomic E-state index is 3.42. The fraction of sp³-hybridized carbons (Fsp3) is 0. The molecule has 6 heavy (non-hydrogen) atoms. The first-order valence-electron chi connectivity index (χ1n) is 1.48. The van der Waals surface area contributed by atoms with Gasteiger partial charge in [0.1, 0.15) is 0 Å². The molecule has 0 nitrogen and oxygen atoms in total. The summed E-state index contributed by atoms with van der Waals surface area (Å²) in [6.07, 6.45) is 5.15. The van der Waals surface area contributed by atoms with Crippen LogP contribution in [-0.4, -0.2) is 0 Å². The summed E-state index contributed by atoms with van der Waals surface area (Å²) in [7, 11) is 0. The largest absolute Gasteiger partial charge is 0.245 e. The van der Waals surface area contributed by atoms with Crippen LogP contribution < -0.4 is 0 Å². The van der Waals surface area contributed by atoms with Crippen LogP contribution in [0.3, 0.4) is 0 Å². The van der Waals surface area contributed by atoms with Gasteiger partial charge in [-0.3, -0.25) is 0 Å². The molecule has 0 aliphatic rings. The van der Waals surface area contributed by atoms with Crippen molar-refractivity contribution < 1.29 is 21.7 Å². The Balaban J connectivity index is 0. The van der Waals surface area contributed by atoms with Crippen molar-refractivity contribution in [3.63, 3.8) is 0 Å². The zero-order valence-electron chi connectivity index (χ0n) is 3.65. The van der Waals surface area contributed by atoms with Crippen molar-refractivity contribution in [3.05, 3.63) is 31.7 Å². The number of hydrogen-bond acceptors (Lipinski definition) is 0. The average molecular weight is 115 g/mol. The van der Waals surface area contributed by atoms with E-state index >= 15 is 0 Å². The van der Waals surface area contributed by atoms with Gasteiger partial charge in [0.05, 0.1) is 0 Å². The van der Waals surface area contributed by atoms with Crippen LogP contribution >= 0.6 is 0 Å². The van der Waals surface area contributed by atoms with E-state index in [9.17, 15) is 0 Å². The van der Waals surface area contributed by atoms with Gasteiger partial charge in [0.2, 0.25) is 0 Å². The number of allylic oxidation sites excluding steroid dienone is 3. The maximum Gasteiger partial charge on any atom is 0 e. The van der Waals surface area contributed by atoms with E-state index < -0.39 is 0 Å². The number of rotatable bonds is 1. The van der Waals surface area contributed by atoms with Crippen molar-refractivity contribution in [1.82, 2.24) is 0 Å². The van der Waals surface area contributed by atoms with Crippen LogP contribution in [0.5, 0.6) is 0 Å². The molecule has 0 amide bonds. The summed E-state index contributed by atoms with van der Waals surface area (Å²) < 4.78 is 0. The van der Waals surface area contributed by atoms with Gasteiger partial charge in [0, 0.05) is 21.7 Å². The predicted octanol–water partition coefficient (Wildman–Crippen LogP) is 1.56. The molecule has 0 saturated heterocycles. The second-order valence-corrected chi connectivity index (χ2v) is 0.664. The summed E-state index contributed by atoms with van der Waals surface area (Å²) in [5, 5.41) is 0. The number of hydrogen-bond donors (Lipinski definition) is 0. The summed E-state index contributed by atoms with van der Waals surface area (Å²) in [6, 6.07) is 0. The van der Waals surface area contributed by atoms with E-state index in [1.165, 1.54) is 0 Å². The van der Waals surface area contributed by atoms with Gasteiger partial charge in [0.25, 0.3) is 0 Å². The van der Waals surface area contributed by atoms with Crippen LogP contribution in [0, 0.1) is 6.92 Å². The van der Waals surface area contributed by atoms with E-state index in [-0.39, 0.29) is 21.7 Å². The van der Waals surface area contributed by atoms with Crippen molar-refractivity contribution in [2.75, 3.05) is 0 Å². The van der Waals surface area contributed by atoms with Crippen molar-refractivity contribution in [2.24, 2.45) is 0 Å². The first-order valence-corrected chi connectivity index (χ1v) is 1.48. The van der Waals surface area contributed by atoms with Gasteiger partial charge < -0.3 is 0 Å². The summed E-state index contributed by atoms with van der Waals surface area (Å²) in [6.45, 7) is 6.85. The van der Waals surface area contributed by atoms with Gasteiger partial charge in [-0.05, 0) is 0 Å². The third kappa shape index (κ3) is 8.96. The third-order valence-electron chi connectivity index (χ3n) is 0.272. The molecule has 0 fully saturated rings. The Morgan fingerprint density at radius 1 is 1.50 bits per heavy atom. The van der Waals surface area contributed by atoms with Crippen molar-refractivity contribution in [3.8, 4) is 0 Å². The Morgan fingerprint density at radius 3 is 2.00 bits per heavy atom. The first kappa shape index (κ1) is 9.42. The molecule has 0 spiro atoms. The summed E-state index contributed by atoms with van der Waals surface area (Å²) in [4.78, 5) is 0. The Kier molecular flexibility index (Phi) is 14.0. The van der Waals surface area contributed by atoms with Gasteiger partial charge in [-0.15, -0.1) is 6.58 Å². The van der Waals surface area contributed by atoms with E-state index in [1.54, 1.807) is 18.2 Å². The molecule has 0 aromatic carbocycles. The molecular weight excluding hydrogens is 108 g/mol. The minimum absolute atomic E-state index is 0. The molecule has 0 bridgehead atoms. The van der Waals surface area contributed by atoms with Gasteiger partial charge in [-0.1, -0.05) is 0 Å². The van der Waals surface area contributed by atoms with E-state index in [0.29, 0.717) is 0 Å². The minimum Gasteiger partial charge on any atom is -0.245 e. The van der Waals surface area contributed by atoms with Gasteiger partial charge in [0.15, 0.2) is 0 Å². The van der Waals surface area contributed by atoms with Crippen molar-refractivity contribution in [2.45, 2.75) is 0 Å². The third-order valence-corrected chi connectivity index (χ3v) is 0.272. The zero-order valence-corrected chi connectivity index (χ0v) is 5.21. The monoisotopic (exact) mass is 115 g/mol. The van der Waals surface area contributed by atoms with Gasteiger partial charge in [-0.25, -0.2) is 19.1 Å². The van der Waals surface area contributed by atoms with Crippen LogP contribution in [0.25, 0.3) is 0 Å². The molecule has 0 heterocycles. The minimum atomic E-state index is 0. The van der Waals surface area contributed by atoms with E-state index in [2.05, 4.69) is 13.5 Å². The van der Waals surface area contributed by atoms with Crippen molar-refractivity contribution in [1.29, 1.82) is 0 Å². The van der Waals surface area contributed by atoms with Crippen LogP contribution in [0.4, 0.5) is 0 Å². The zero-order chi connectivity index (χ0) is 4.12. The molecule has 0 aliphatic carbocycles. The summed E-state index contributed by atoms with van der Waals surface area (Å²) in [5.41, 5.74) is 0. The van der Waals surface area contributed by atoms with E-state index in [0.717, 1.165) is 0 Å². The smallest absolute Gasteiger partial charge is 0 e. The maximum absolute atomic E-state index is 3.42. The molecule has 0 atom stereocenters. The summed E-state index contributed by atoms with van der Waals surface area (Å²) >= 11 is 0. The van der Waals surface area contributed by atoms with Crippen LogP contribution in [0.2, 0.25) is 0 Å². The molecular formula is C5H7Ti-. The molecule has 0 unspecified atom stereocenters. The molecule has 32 valence electrons. The molecule has 0 aromatic heterocycles. The molecule has 0 radical (unpaired) electrons. The van der Waals surface area contributed by atoms with Crippen LogP contribution in [0.1, 0.15) is 0 Å². The fourth-order valence-electron chi connectivity index (χ4n) is 0.0962. The van der Waals surface area contributed by atoms with Crippen LogP contribution in [0.15, 0.2) is 24.8 Å². The second-order valence-electron chi connectivity index (χ2n) is 0.664. The molecule has 0 aliphatic heterocycles. The summed E-state index contributed by atoms with van der Waals surface area (Å²) in [5.74, 6) is 0. The first-order chi connectivity index (χ1) is 2.41.